The van der Waals surface area contributed by atoms with Gasteiger partial charge in [-0.2, -0.15) is 4.31 Å². The standard InChI is InChI=1S/C28H33N3O7S2/c1-2-39(33,34)25-8-5-7-24(15-25)37-20-23(32)17-29-22-16-28(38-19-22)10-12-31(13-11-28)40(35,36)26-14-21-6-3-4-9-27(21)30-18-26/h2-9,14-15,18,22-23,29,32H,1,10-13,16-17,19-20H2/t22-,23+/m1/s1. The van der Waals surface area contributed by atoms with Crippen LogP contribution >= 0.6 is 0 Å². The summed E-state index contributed by atoms with van der Waals surface area (Å²) >= 11 is 0. The third kappa shape index (κ3) is 6.22. The SMILES string of the molecule is C=CS(=O)(=O)c1cccc(OC[C@@H](O)CN[C@H]2COC3(CCN(S(=O)(=O)c4cnc5ccccc5c4)CC3)C2)c1. The number of aliphatic hydroxyl groups is 1. The molecule has 0 unspecified atom stereocenters. The molecule has 5 rings (SSSR count). The normalized spacial score (nSPS) is 20.5. The number of aliphatic hydroxyl groups excluding tert-OH is 1. The van der Waals surface area contributed by atoms with E-state index in [2.05, 4.69) is 16.9 Å². The molecular formula is C28H33N3O7S2. The molecule has 0 aliphatic carbocycles. The van der Waals surface area contributed by atoms with Crippen molar-refractivity contribution < 1.29 is 31.4 Å². The van der Waals surface area contributed by atoms with Crippen LogP contribution in [0.15, 0.2) is 82.6 Å². The Labute approximate surface area is 234 Å². The molecule has 3 aromatic rings. The van der Waals surface area contributed by atoms with Crippen LogP contribution in [-0.2, 0) is 24.6 Å². The maximum atomic E-state index is 13.3. The number of sulfonamides is 1. The second-order valence-corrected chi connectivity index (χ2v) is 14.1. The first-order valence-corrected chi connectivity index (χ1v) is 16.1. The molecule has 10 nitrogen and oxygen atoms in total. The molecule has 2 saturated heterocycles. The topological polar surface area (TPSA) is 135 Å². The van der Waals surface area contributed by atoms with Gasteiger partial charge < -0.3 is 19.9 Å². The lowest BCUT2D eigenvalue weighted by atomic mass is 9.88. The van der Waals surface area contributed by atoms with E-state index in [1.165, 1.54) is 22.6 Å². The average molecular weight is 588 g/mol. The zero-order valence-electron chi connectivity index (χ0n) is 22.0. The first-order chi connectivity index (χ1) is 19.1. The molecule has 2 aliphatic heterocycles. The van der Waals surface area contributed by atoms with Crippen LogP contribution in [0.3, 0.4) is 0 Å². The summed E-state index contributed by atoms with van der Waals surface area (Å²) in [5.74, 6) is 0.339. The second kappa shape index (κ2) is 11.6. The van der Waals surface area contributed by atoms with Gasteiger partial charge in [0.2, 0.25) is 10.0 Å². The number of rotatable bonds is 10. The largest absolute Gasteiger partial charge is 0.491 e. The Morgan fingerprint density at radius 3 is 2.67 bits per heavy atom. The van der Waals surface area contributed by atoms with Crippen LogP contribution in [0.5, 0.6) is 5.75 Å². The van der Waals surface area contributed by atoms with Gasteiger partial charge in [-0.25, -0.2) is 16.8 Å². The highest BCUT2D eigenvalue weighted by atomic mass is 32.2. The Hall–Kier alpha value is -2.87. The molecule has 1 aromatic heterocycles. The van der Waals surface area contributed by atoms with Crippen molar-refractivity contribution in [1.29, 1.82) is 0 Å². The number of sulfone groups is 1. The smallest absolute Gasteiger partial charge is 0.244 e. The number of benzene rings is 2. The van der Waals surface area contributed by atoms with Crippen molar-refractivity contribution in [2.24, 2.45) is 0 Å². The predicted octanol–water partition coefficient (Wildman–Crippen LogP) is 2.49. The van der Waals surface area contributed by atoms with E-state index in [0.29, 0.717) is 44.7 Å². The Balaban J connectivity index is 1.09. The summed E-state index contributed by atoms with van der Waals surface area (Å²) in [6.45, 7) is 4.77. The number of nitrogens with one attached hydrogen (secondary N) is 1. The number of hydrogen-bond donors (Lipinski definition) is 2. The van der Waals surface area contributed by atoms with Gasteiger partial charge in [-0.05, 0) is 49.6 Å². The van der Waals surface area contributed by atoms with Crippen LogP contribution in [0.4, 0.5) is 0 Å². The Bertz CT molecular complexity index is 1590. The molecule has 40 heavy (non-hydrogen) atoms. The van der Waals surface area contributed by atoms with Crippen molar-refractivity contribution in [3.05, 3.63) is 72.8 Å². The van der Waals surface area contributed by atoms with Gasteiger partial charge in [-0.1, -0.05) is 30.8 Å². The summed E-state index contributed by atoms with van der Waals surface area (Å²) < 4.78 is 63.7. The molecule has 2 atom stereocenters. The molecule has 0 bridgehead atoms. The van der Waals surface area contributed by atoms with Gasteiger partial charge in [-0.15, -0.1) is 0 Å². The van der Waals surface area contributed by atoms with Gasteiger partial charge in [0.25, 0.3) is 0 Å². The maximum Gasteiger partial charge on any atom is 0.244 e. The summed E-state index contributed by atoms with van der Waals surface area (Å²) in [6.07, 6.45) is 2.48. The molecule has 0 amide bonds. The van der Waals surface area contributed by atoms with Crippen molar-refractivity contribution >= 4 is 30.8 Å². The molecule has 1 spiro atoms. The zero-order chi connectivity index (χ0) is 28.4. The van der Waals surface area contributed by atoms with Gasteiger partial charge in [0.1, 0.15) is 23.4 Å². The fourth-order valence-corrected chi connectivity index (χ4v) is 7.35. The van der Waals surface area contributed by atoms with Crippen molar-refractivity contribution in [3.63, 3.8) is 0 Å². The lowest BCUT2D eigenvalue weighted by Crippen LogP contribution is -2.47. The van der Waals surface area contributed by atoms with Crippen LogP contribution < -0.4 is 10.1 Å². The Kier molecular flexibility index (Phi) is 8.27. The quantitative estimate of drug-likeness (QED) is 0.367. The van der Waals surface area contributed by atoms with E-state index < -0.39 is 31.6 Å². The third-order valence-corrected chi connectivity index (χ3v) is 10.7. The highest BCUT2D eigenvalue weighted by molar-refractivity contribution is 7.94. The van der Waals surface area contributed by atoms with E-state index in [0.717, 1.165) is 16.3 Å². The van der Waals surface area contributed by atoms with Crippen LogP contribution in [0.2, 0.25) is 0 Å². The van der Waals surface area contributed by atoms with Crippen molar-refractivity contribution in [1.82, 2.24) is 14.6 Å². The highest BCUT2D eigenvalue weighted by Gasteiger charge is 2.44. The van der Waals surface area contributed by atoms with E-state index >= 15 is 0 Å². The number of piperidine rings is 1. The van der Waals surface area contributed by atoms with Crippen LogP contribution in [-0.4, -0.2) is 81.8 Å². The molecule has 2 aromatic carbocycles. The predicted molar refractivity (Wildman–Crippen MR) is 150 cm³/mol. The number of nitrogens with zero attached hydrogens (tertiary/aromatic N) is 2. The van der Waals surface area contributed by atoms with Crippen LogP contribution in [0.25, 0.3) is 10.9 Å². The summed E-state index contributed by atoms with van der Waals surface area (Å²) in [5.41, 5.74) is 0.353. The summed E-state index contributed by atoms with van der Waals surface area (Å²) in [6, 6.07) is 15.2. The molecule has 0 radical (unpaired) electrons. The van der Waals surface area contributed by atoms with Gasteiger partial charge in [0, 0.05) is 42.7 Å². The van der Waals surface area contributed by atoms with Crippen molar-refractivity contribution in [3.8, 4) is 5.75 Å². The van der Waals surface area contributed by atoms with Gasteiger partial charge in [0.15, 0.2) is 9.84 Å². The molecule has 0 saturated carbocycles. The van der Waals surface area contributed by atoms with Gasteiger partial charge in [0.05, 0.1) is 22.6 Å². The fraction of sp³-hybridized carbons (Fsp3) is 0.393. The molecule has 12 heteroatoms. The number of fused-ring (bicyclic) bond motifs is 1. The first kappa shape index (κ1) is 28.7. The minimum atomic E-state index is -3.66. The number of pyridine rings is 1. The average Bonchev–Trinajstić information content (AvgIpc) is 3.37. The fourth-order valence-electron chi connectivity index (χ4n) is 5.19. The Morgan fingerprint density at radius 1 is 1.12 bits per heavy atom. The first-order valence-electron chi connectivity index (χ1n) is 13.1. The van der Waals surface area contributed by atoms with Crippen molar-refractivity contribution in [2.45, 2.75) is 46.8 Å². The molecule has 2 N–H and O–H groups in total. The van der Waals surface area contributed by atoms with Gasteiger partial charge in [-0.3, -0.25) is 4.98 Å². The molecule has 2 aliphatic rings. The number of aromatic nitrogens is 1. The van der Waals surface area contributed by atoms with Gasteiger partial charge >= 0.3 is 0 Å². The minimum absolute atomic E-state index is 0.0141. The minimum Gasteiger partial charge on any atom is -0.491 e. The summed E-state index contributed by atoms with van der Waals surface area (Å²) in [4.78, 5) is 4.58. The van der Waals surface area contributed by atoms with E-state index in [4.69, 9.17) is 9.47 Å². The second-order valence-electron chi connectivity index (χ2n) is 10.2. The van der Waals surface area contributed by atoms with E-state index in [1.807, 2.05) is 24.3 Å². The number of ether oxygens (including phenoxy) is 2. The molecule has 3 heterocycles. The summed E-state index contributed by atoms with van der Waals surface area (Å²) in [7, 11) is -7.23. The Morgan fingerprint density at radius 2 is 1.90 bits per heavy atom. The van der Waals surface area contributed by atoms with Crippen LogP contribution in [0.1, 0.15) is 19.3 Å². The zero-order valence-corrected chi connectivity index (χ0v) is 23.6. The molecule has 214 valence electrons. The lowest BCUT2D eigenvalue weighted by molar-refractivity contribution is -0.0312. The van der Waals surface area contributed by atoms with E-state index in [-0.39, 0.29) is 29.0 Å². The van der Waals surface area contributed by atoms with E-state index in [1.54, 1.807) is 18.2 Å². The maximum absolute atomic E-state index is 13.3. The third-order valence-electron chi connectivity index (χ3n) is 7.48. The number of hydrogen-bond acceptors (Lipinski definition) is 9. The monoisotopic (exact) mass is 587 g/mol. The highest BCUT2D eigenvalue weighted by Crippen LogP contribution is 2.37. The van der Waals surface area contributed by atoms with E-state index in [9.17, 15) is 21.9 Å². The summed E-state index contributed by atoms with van der Waals surface area (Å²) in [5, 5.41) is 15.4. The van der Waals surface area contributed by atoms with Crippen LogP contribution in [0, 0.1) is 0 Å². The number of para-hydroxylation sites is 1. The lowest BCUT2D eigenvalue weighted by Gasteiger charge is -2.38. The molecule has 2 fully saturated rings. The van der Waals surface area contributed by atoms with Crippen molar-refractivity contribution in [2.75, 3.05) is 32.8 Å². The molecular weight excluding hydrogens is 554 g/mol.